The average Bonchev–Trinajstić information content (AvgIpc) is 2.80. The minimum atomic E-state index is -3.62. The van der Waals surface area contributed by atoms with Gasteiger partial charge >= 0.3 is 0 Å². The molecule has 1 saturated carbocycles. The number of aromatic amines is 1. The molecule has 0 bridgehead atoms. The molecule has 1 aromatic heterocycles. The fourth-order valence-electron chi connectivity index (χ4n) is 3.08. The van der Waals surface area contributed by atoms with Gasteiger partial charge in [0.1, 0.15) is 10.6 Å². The van der Waals surface area contributed by atoms with E-state index in [1.807, 2.05) is 0 Å². The number of aliphatic hydroxyl groups excluding tert-OH is 1. The summed E-state index contributed by atoms with van der Waals surface area (Å²) in [4.78, 5) is 0.125. The second kappa shape index (κ2) is 5.83. The van der Waals surface area contributed by atoms with Crippen molar-refractivity contribution in [1.82, 2.24) is 14.5 Å². The second-order valence-corrected chi connectivity index (χ2v) is 7.57. The van der Waals surface area contributed by atoms with Crippen LogP contribution in [0.1, 0.15) is 44.0 Å². The maximum atomic E-state index is 12.8. The maximum absolute atomic E-state index is 12.8. The first-order valence-corrected chi connectivity index (χ1v) is 8.46. The number of nitrogens with zero attached hydrogens (tertiary/aromatic N) is 2. The lowest BCUT2D eigenvalue weighted by Gasteiger charge is -2.35. The molecule has 0 amide bonds. The van der Waals surface area contributed by atoms with Gasteiger partial charge in [-0.2, -0.15) is 9.40 Å². The van der Waals surface area contributed by atoms with Crippen molar-refractivity contribution in [2.45, 2.75) is 57.1 Å². The van der Waals surface area contributed by atoms with Crippen molar-refractivity contribution in [3.8, 4) is 0 Å². The Hall–Kier alpha value is -0.920. The standard InChI is InChI=1S/C13H23N3O3S/c1-9-6-4-5-7-12(9)16(3)20(18,19)13-10(2)14-15-11(13)8-17/h9,12,17H,4-8H2,1-3H3,(H,14,15). The summed E-state index contributed by atoms with van der Waals surface area (Å²) in [5, 5.41) is 15.8. The Labute approximate surface area is 120 Å². The van der Waals surface area contributed by atoms with Crippen LogP contribution in [0.25, 0.3) is 0 Å². The number of H-pyrrole nitrogens is 1. The maximum Gasteiger partial charge on any atom is 0.246 e. The molecular weight excluding hydrogens is 278 g/mol. The van der Waals surface area contributed by atoms with Gasteiger partial charge in [-0.1, -0.05) is 19.8 Å². The number of rotatable bonds is 4. The third-order valence-corrected chi connectivity index (χ3v) is 6.37. The van der Waals surface area contributed by atoms with Gasteiger partial charge in [0.2, 0.25) is 10.0 Å². The molecule has 0 spiro atoms. The molecule has 6 nitrogen and oxygen atoms in total. The van der Waals surface area contributed by atoms with Crippen LogP contribution in [-0.4, -0.2) is 41.1 Å². The van der Waals surface area contributed by atoms with E-state index in [2.05, 4.69) is 17.1 Å². The van der Waals surface area contributed by atoms with Gasteiger partial charge in [-0.15, -0.1) is 0 Å². The molecule has 0 aliphatic heterocycles. The zero-order valence-corrected chi connectivity index (χ0v) is 13.1. The average molecular weight is 301 g/mol. The van der Waals surface area contributed by atoms with Crippen LogP contribution in [0.15, 0.2) is 4.90 Å². The molecule has 2 N–H and O–H groups in total. The lowest BCUT2D eigenvalue weighted by atomic mass is 9.86. The topological polar surface area (TPSA) is 86.3 Å². The summed E-state index contributed by atoms with van der Waals surface area (Å²) in [5.74, 6) is 0.355. The summed E-state index contributed by atoms with van der Waals surface area (Å²) in [6.07, 6.45) is 4.17. The first kappa shape index (κ1) is 15.5. The summed E-state index contributed by atoms with van der Waals surface area (Å²) in [7, 11) is -1.99. The van der Waals surface area contributed by atoms with Crippen LogP contribution >= 0.6 is 0 Å². The molecule has 1 aromatic rings. The predicted octanol–water partition coefficient (Wildman–Crippen LogP) is 1.41. The van der Waals surface area contributed by atoms with Crippen LogP contribution in [0, 0.1) is 12.8 Å². The molecule has 0 saturated heterocycles. The Bertz CT molecular complexity index is 567. The molecule has 7 heteroatoms. The van der Waals surface area contributed by atoms with Gasteiger partial charge in [-0.3, -0.25) is 5.10 Å². The molecule has 20 heavy (non-hydrogen) atoms. The largest absolute Gasteiger partial charge is 0.390 e. The highest BCUT2D eigenvalue weighted by Crippen LogP contribution is 2.32. The Balaban J connectivity index is 2.36. The van der Waals surface area contributed by atoms with Crippen molar-refractivity contribution in [3.05, 3.63) is 11.4 Å². The van der Waals surface area contributed by atoms with E-state index in [4.69, 9.17) is 0 Å². The van der Waals surface area contributed by atoms with Crippen LogP contribution in [0.4, 0.5) is 0 Å². The van der Waals surface area contributed by atoms with E-state index in [1.165, 1.54) is 4.31 Å². The number of aromatic nitrogens is 2. The number of nitrogens with one attached hydrogen (secondary N) is 1. The summed E-state index contributed by atoms with van der Waals surface area (Å²) in [5.41, 5.74) is 0.669. The molecule has 2 rings (SSSR count). The molecule has 1 aliphatic carbocycles. The van der Waals surface area contributed by atoms with E-state index >= 15 is 0 Å². The highest BCUT2D eigenvalue weighted by atomic mass is 32.2. The minimum absolute atomic E-state index is 0.0228. The van der Waals surface area contributed by atoms with Gasteiger partial charge in [0.25, 0.3) is 0 Å². The fourth-order valence-corrected chi connectivity index (χ4v) is 4.88. The van der Waals surface area contributed by atoms with E-state index in [1.54, 1.807) is 14.0 Å². The Morgan fingerprint density at radius 1 is 1.40 bits per heavy atom. The molecule has 1 heterocycles. The number of hydrogen-bond acceptors (Lipinski definition) is 4. The molecular formula is C13H23N3O3S. The lowest BCUT2D eigenvalue weighted by Crippen LogP contribution is -2.42. The van der Waals surface area contributed by atoms with Crippen LogP contribution in [0.3, 0.4) is 0 Å². The van der Waals surface area contributed by atoms with Crippen LogP contribution in [-0.2, 0) is 16.6 Å². The third kappa shape index (κ3) is 2.62. The zero-order chi connectivity index (χ0) is 14.9. The highest BCUT2D eigenvalue weighted by molar-refractivity contribution is 7.89. The van der Waals surface area contributed by atoms with Crippen molar-refractivity contribution >= 4 is 10.0 Å². The zero-order valence-electron chi connectivity index (χ0n) is 12.3. The van der Waals surface area contributed by atoms with Crippen molar-refractivity contribution < 1.29 is 13.5 Å². The normalized spacial score (nSPS) is 24.2. The molecule has 2 atom stereocenters. The van der Waals surface area contributed by atoms with Crippen LogP contribution < -0.4 is 0 Å². The van der Waals surface area contributed by atoms with Crippen LogP contribution in [0.2, 0.25) is 0 Å². The van der Waals surface area contributed by atoms with Gasteiger partial charge in [-0.05, 0) is 25.7 Å². The monoisotopic (exact) mass is 301 g/mol. The van der Waals surface area contributed by atoms with E-state index < -0.39 is 10.0 Å². The Morgan fingerprint density at radius 2 is 2.05 bits per heavy atom. The Kier molecular flexibility index (Phi) is 4.51. The van der Waals surface area contributed by atoms with E-state index in [-0.39, 0.29) is 23.2 Å². The van der Waals surface area contributed by atoms with Gasteiger partial charge in [0.15, 0.2) is 0 Å². The van der Waals surface area contributed by atoms with E-state index in [0.717, 1.165) is 25.7 Å². The van der Waals surface area contributed by atoms with Crippen molar-refractivity contribution in [2.75, 3.05) is 7.05 Å². The predicted molar refractivity (Wildman–Crippen MR) is 75.6 cm³/mol. The number of sulfonamides is 1. The second-order valence-electron chi connectivity index (χ2n) is 5.63. The third-order valence-electron chi connectivity index (χ3n) is 4.28. The van der Waals surface area contributed by atoms with E-state index in [0.29, 0.717) is 11.6 Å². The highest BCUT2D eigenvalue weighted by Gasteiger charge is 2.35. The van der Waals surface area contributed by atoms with Crippen molar-refractivity contribution in [3.63, 3.8) is 0 Å². The first-order valence-electron chi connectivity index (χ1n) is 7.02. The van der Waals surface area contributed by atoms with Crippen molar-refractivity contribution in [1.29, 1.82) is 0 Å². The summed E-state index contributed by atoms with van der Waals surface area (Å²) >= 11 is 0. The Morgan fingerprint density at radius 3 is 2.65 bits per heavy atom. The molecule has 0 aromatic carbocycles. The molecule has 0 radical (unpaired) electrons. The fraction of sp³-hybridized carbons (Fsp3) is 0.769. The van der Waals surface area contributed by atoms with Crippen molar-refractivity contribution in [2.24, 2.45) is 5.92 Å². The quantitative estimate of drug-likeness (QED) is 0.880. The first-order chi connectivity index (χ1) is 9.39. The SMILES string of the molecule is Cc1[nH]nc(CO)c1S(=O)(=O)N(C)C1CCCCC1C. The minimum Gasteiger partial charge on any atom is -0.390 e. The summed E-state index contributed by atoms with van der Waals surface area (Å²) < 4.78 is 27.1. The molecule has 114 valence electrons. The number of aryl methyl sites for hydroxylation is 1. The smallest absolute Gasteiger partial charge is 0.246 e. The van der Waals surface area contributed by atoms with Gasteiger partial charge in [-0.25, -0.2) is 8.42 Å². The summed E-state index contributed by atoms with van der Waals surface area (Å²) in [6.45, 7) is 3.38. The van der Waals surface area contributed by atoms with E-state index in [9.17, 15) is 13.5 Å². The number of aliphatic hydroxyl groups is 1. The molecule has 1 aliphatic rings. The molecule has 2 unspecified atom stereocenters. The number of hydrogen-bond donors (Lipinski definition) is 2. The van der Waals surface area contributed by atoms with Gasteiger partial charge in [0, 0.05) is 13.1 Å². The lowest BCUT2D eigenvalue weighted by molar-refractivity contribution is 0.213. The van der Waals surface area contributed by atoms with Gasteiger partial charge < -0.3 is 5.11 Å². The van der Waals surface area contributed by atoms with Gasteiger partial charge in [0.05, 0.1) is 12.3 Å². The van der Waals surface area contributed by atoms with Crippen LogP contribution in [0.5, 0.6) is 0 Å². The molecule has 1 fully saturated rings. The summed E-state index contributed by atoms with van der Waals surface area (Å²) in [6, 6.07) is 0.0228.